The summed E-state index contributed by atoms with van der Waals surface area (Å²) in [4.78, 5) is 18.9. The molecule has 2 heterocycles. The van der Waals surface area contributed by atoms with E-state index in [-0.39, 0.29) is 17.6 Å². The zero-order valence-electron chi connectivity index (χ0n) is 14.6. The van der Waals surface area contributed by atoms with Crippen molar-refractivity contribution in [1.82, 2.24) is 4.98 Å². The molecule has 0 atom stereocenters. The molecule has 4 nitrogen and oxygen atoms in total. The monoisotopic (exact) mass is 358 g/mol. The van der Waals surface area contributed by atoms with Gasteiger partial charge in [-0.2, -0.15) is 0 Å². The van der Waals surface area contributed by atoms with Gasteiger partial charge in [0, 0.05) is 11.3 Å². The van der Waals surface area contributed by atoms with Crippen molar-refractivity contribution in [1.29, 1.82) is 0 Å². The molecule has 5 heteroatoms. The lowest BCUT2D eigenvalue weighted by atomic mass is 10.1. The van der Waals surface area contributed by atoms with E-state index < -0.39 is 0 Å². The maximum absolute atomic E-state index is 14.1. The van der Waals surface area contributed by atoms with Gasteiger partial charge in [-0.05, 0) is 48.4 Å². The zero-order valence-corrected chi connectivity index (χ0v) is 14.6. The van der Waals surface area contributed by atoms with Gasteiger partial charge in [-0.3, -0.25) is 4.79 Å². The van der Waals surface area contributed by atoms with E-state index in [0.717, 1.165) is 22.4 Å². The van der Waals surface area contributed by atoms with Crippen LogP contribution in [0.4, 0.5) is 10.1 Å². The minimum atomic E-state index is -0.382. The summed E-state index contributed by atoms with van der Waals surface area (Å²) in [6, 6.07) is 17.7. The van der Waals surface area contributed by atoms with E-state index in [1.807, 2.05) is 43.3 Å². The molecule has 4 aromatic rings. The van der Waals surface area contributed by atoms with E-state index in [4.69, 9.17) is 4.42 Å². The maximum atomic E-state index is 14.1. The third kappa shape index (κ3) is 2.43. The van der Waals surface area contributed by atoms with Crippen molar-refractivity contribution in [2.75, 3.05) is 4.90 Å². The Morgan fingerprint density at radius 1 is 1.04 bits per heavy atom. The Labute approximate surface area is 154 Å². The summed E-state index contributed by atoms with van der Waals surface area (Å²) >= 11 is 0. The normalized spacial score (nSPS) is 13.4. The van der Waals surface area contributed by atoms with Crippen LogP contribution < -0.4 is 4.90 Å². The van der Waals surface area contributed by atoms with E-state index >= 15 is 0 Å². The van der Waals surface area contributed by atoms with Crippen LogP contribution in [0.25, 0.3) is 22.6 Å². The number of carbonyl (C=O) groups excluding carboxylic acids is 1. The van der Waals surface area contributed by atoms with Gasteiger partial charge in [-0.25, -0.2) is 9.37 Å². The second kappa shape index (κ2) is 5.77. The molecule has 0 N–H and O–H groups in total. The summed E-state index contributed by atoms with van der Waals surface area (Å²) in [5, 5.41) is 0. The minimum Gasteiger partial charge on any atom is -0.436 e. The van der Waals surface area contributed by atoms with E-state index in [1.165, 1.54) is 6.07 Å². The number of nitrogens with zero attached hydrogens (tertiary/aromatic N) is 2. The van der Waals surface area contributed by atoms with Crippen molar-refractivity contribution >= 4 is 22.7 Å². The molecule has 0 bridgehead atoms. The minimum absolute atomic E-state index is 0.0258. The Kier molecular flexibility index (Phi) is 3.37. The van der Waals surface area contributed by atoms with Crippen LogP contribution in [0.15, 0.2) is 65.1 Å². The van der Waals surface area contributed by atoms with Gasteiger partial charge in [-0.1, -0.05) is 30.3 Å². The van der Waals surface area contributed by atoms with Crippen LogP contribution in [0.2, 0.25) is 0 Å². The van der Waals surface area contributed by atoms with E-state index in [9.17, 15) is 9.18 Å². The van der Waals surface area contributed by atoms with E-state index in [2.05, 4.69) is 4.98 Å². The number of anilines is 1. The predicted molar refractivity (Wildman–Crippen MR) is 101 cm³/mol. The molecule has 0 aliphatic carbocycles. The summed E-state index contributed by atoms with van der Waals surface area (Å²) in [5.74, 6) is -0.173. The maximum Gasteiger partial charge on any atom is 0.258 e. The highest BCUT2D eigenvalue weighted by atomic mass is 19.1. The number of benzene rings is 3. The molecule has 1 aliphatic heterocycles. The summed E-state index contributed by atoms with van der Waals surface area (Å²) < 4.78 is 19.9. The molecule has 0 radical (unpaired) electrons. The number of rotatable bonds is 2. The Balaban J connectivity index is 1.60. The molecule has 0 unspecified atom stereocenters. The Hall–Kier alpha value is -3.47. The highest BCUT2D eigenvalue weighted by molar-refractivity contribution is 6.10. The molecule has 1 amide bonds. The van der Waals surface area contributed by atoms with Crippen molar-refractivity contribution in [3.63, 3.8) is 0 Å². The Morgan fingerprint density at radius 3 is 2.56 bits per heavy atom. The molecule has 0 saturated carbocycles. The van der Waals surface area contributed by atoms with E-state index in [1.54, 1.807) is 23.1 Å². The lowest BCUT2D eigenvalue weighted by Gasteiger charge is -2.16. The number of aromatic nitrogens is 1. The van der Waals surface area contributed by atoms with Crippen LogP contribution in [0, 0.1) is 12.7 Å². The van der Waals surface area contributed by atoms with Crippen LogP contribution >= 0.6 is 0 Å². The molecular weight excluding hydrogens is 343 g/mol. The lowest BCUT2D eigenvalue weighted by Crippen LogP contribution is -2.23. The smallest absolute Gasteiger partial charge is 0.258 e. The summed E-state index contributed by atoms with van der Waals surface area (Å²) in [5.41, 5.74) is 4.86. The van der Waals surface area contributed by atoms with Crippen LogP contribution in [0.5, 0.6) is 0 Å². The molecule has 5 rings (SSSR count). The molecule has 3 aromatic carbocycles. The topological polar surface area (TPSA) is 46.3 Å². The number of oxazole rings is 1. The van der Waals surface area contributed by atoms with Gasteiger partial charge < -0.3 is 9.32 Å². The molecule has 132 valence electrons. The highest BCUT2D eigenvalue weighted by Gasteiger charge is 2.28. The number of amides is 1. The second-order valence-corrected chi connectivity index (χ2v) is 6.66. The molecule has 0 spiro atoms. The first-order valence-electron chi connectivity index (χ1n) is 8.67. The molecule has 0 fully saturated rings. The molecular formula is C22H15FN2O2. The largest absolute Gasteiger partial charge is 0.436 e. The fraction of sp³-hybridized carbons (Fsp3) is 0.0909. The van der Waals surface area contributed by atoms with Gasteiger partial charge >= 0.3 is 0 Å². The van der Waals surface area contributed by atoms with Gasteiger partial charge in [0.15, 0.2) is 5.58 Å². The zero-order chi connectivity index (χ0) is 18.5. The van der Waals surface area contributed by atoms with Gasteiger partial charge in [-0.15, -0.1) is 0 Å². The van der Waals surface area contributed by atoms with Crippen LogP contribution in [0.3, 0.4) is 0 Å². The van der Waals surface area contributed by atoms with E-state index in [0.29, 0.717) is 23.2 Å². The number of carbonyl (C=O) groups is 1. The number of fused-ring (bicyclic) bond motifs is 2. The average Bonchev–Trinajstić information content (AvgIpc) is 3.24. The number of halogens is 1. The predicted octanol–water partition coefficient (Wildman–Crippen LogP) is 5.10. The van der Waals surface area contributed by atoms with Gasteiger partial charge in [0.1, 0.15) is 11.3 Å². The van der Waals surface area contributed by atoms with Crippen molar-refractivity contribution in [3.8, 4) is 11.5 Å². The Morgan fingerprint density at radius 2 is 1.78 bits per heavy atom. The molecule has 0 saturated heterocycles. The molecule has 27 heavy (non-hydrogen) atoms. The summed E-state index contributed by atoms with van der Waals surface area (Å²) in [6.07, 6.45) is 0. The first-order valence-corrected chi connectivity index (χ1v) is 8.67. The third-order valence-electron chi connectivity index (χ3n) is 4.90. The quantitative estimate of drug-likeness (QED) is 0.501. The van der Waals surface area contributed by atoms with Gasteiger partial charge in [0.2, 0.25) is 5.89 Å². The Bertz CT molecular complexity index is 1210. The first-order chi connectivity index (χ1) is 13.1. The fourth-order valence-corrected chi connectivity index (χ4v) is 3.55. The lowest BCUT2D eigenvalue weighted by molar-refractivity contribution is 0.0996. The van der Waals surface area contributed by atoms with Crippen molar-refractivity contribution < 1.29 is 13.6 Å². The summed E-state index contributed by atoms with van der Waals surface area (Å²) in [6.45, 7) is 2.42. The van der Waals surface area contributed by atoms with Crippen molar-refractivity contribution in [3.05, 3.63) is 83.2 Å². The van der Waals surface area contributed by atoms with Gasteiger partial charge in [0.05, 0.1) is 12.1 Å². The number of aryl methyl sites for hydroxylation is 1. The standard InChI is InChI=1S/C22H15FN2O2/c1-13-10-15(25-12-14-6-2-3-7-16(14)22(25)26)11-19-20(13)27-21(24-19)17-8-4-5-9-18(17)23/h2-11H,12H2,1H3. The van der Waals surface area contributed by atoms with Gasteiger partial charge in [0.25, 0.3) is 5.91 Å². The molecule has 1 aromatic heterocycles. The highest BCUT2D eigenvalue weighted by Crippen LogP contribution is 2.34. The first kappa shape index (κ1) is 15.8. The SMILES string of the molecule is Cc1cc(N2Cc3ccccc3C2=O)cc2nc(-c3ccccc3F)oc12. The molecule has 1 aliphatic rings. The summed E-state index contributed by atoms with van der Waals surface area (Å²) in [7, 11) is 0. The average molecular weight is 358 g/mol. The van der Waals surface area contributed by atoms with Crippen LogP contribution in [-0.4, -0.2) is 10.9 Å². The van der Waals surface area contributed by atoms with Crippen molar-refractivity contribution in [2.45, 2.75) is 13.5 Å². The number of hydrogen-bond donors (Lipinski definition) is 0. The second-order valence-electron chi connectivity index (χ2n) is 6.66. The van der Waals surface area contributed by atoms with Crippen LogP contribution in [-0.2, 0) is 6.54 Å². The fourth-order valence-electron chi connectivity index (χ4n) is 3.55. The van der Waals surface area contributed by atoms with Crippen LogP contribution in [0.1, 0.15) is 21.5 Å². The number of hydrogen-bond acceptors (Lipinski definition) is 3. The van der Waals surface area contributed by atoms with Crippen molar-refractivity contribution in [2.24, 2.45) is 0 Å². The third-order valence-corrected chi connectivity index (χ3v) is 4.90.